The summed E-state index contributed by atoms with van der Waals surface area (Å²) in [4.78, 5) is 0.236. The first-order valence-corrected chi connectivity index (χ1v) is 7.06. The molecule has 1 aromatic rings. The lowest BCUT2D eigenvalue weighted by molar-refractivity contribution is 0.268. The Hall–Kier alpha value is -0.850. The molecule has 17 heavy (non-hydrogen) atoms. The molecule has 0 radical (unpaired) electrons. The molecule has 0 amide bonds. The molecule has 0 aromatic carbocycles. The molecule has 98 valence electrons. The lowest BCUT2D eigenvalue weighted by Crippen LogP contribution is -2.26. The molecule has 0 bridgehead atoms. The quantitative estimate of drug-likeness (QED) is 0.865. The zero-order valence-electron chi connectivity index (χ0n) is 10.7. The van der Waals surface area contributed by atoms with Gasteiger partial charge in [0.1, 0.15) is 4.90 Å². The van der Waals surface area contributed by atoms with E-state index in [9.17, 15) is 13.5 Å². The Labute approximate surface area is 103 Å². The molecule has 0 aliphatic carbocycles. The van der Waals surface area contributed by atoms with Crippen molar-refractivity contribution < 1.29 is 13.5 Å². The van der Waals surface area contributed by atoms with Gasteiger partial charge < -0.3 is 9.67 Å². The fourth-order valence-corrected chi connectivity index (χ4v) is 2.83. The zero-order chi connectivity index (χ0) is 13.2. The minimum absolute atomic E-state index is 0.119. The van der Waals surface area contributed by atoms with Crippen LogP contribution in [-0.2, 0) is 16.6 Å². The third-order valence-corrected chi connectivity index (χ3v) is 4.68. The lowest BCUT2D eigenvalue weighted by atomic mass is 10.3. The maximum atomic E-state index is 12.1. The van der Waals surface area contributed by atoms with E-state index in [-0.39, 0.29) is 17.5 Å². The summed E-state index contributed by atoms with van der Waals surface area (Å²) in [6, 6.07) is 1.65. The van der Waals surface area contributed by atoms with E-state index in [2.05, 4.69) is 0 Å². The molecular weight excluding hydrogens is 240 g/mol. The second-order valence-corrected chi connectivity index (χ2v) is 6.29. The number of hydrogen-bond acceptors (Lipinski definition) is 3. The first-order chi connectivity index (χ1) is 7.84. The van der Waals surface area contributed by atoms with Crippen LogP contribution in [0, 0.1) is 0 Å². The van der Waals surface area contributed by atoms with Gasteiger partial charge in [-0.15, -0.1) is 0 Å². The van der Waals surface area contributed by atoms with E-state index in [0.29, 0.717) is 12.2 Å². The maximum absolute atomic E-state index is 12.1. The highest BCUT2D eigenvalue weighted by Crippen LogP contribution is 2.21. The first-order valence-electron chi connectivity index (χ1n) is 5.62. The molecule has 0 unspecified atom stereocenters. The molecule has 0 fully saturated rings. The van der Waals surface area contributed by atoms with Crippen LogP contribution in [-0.4, -0.2) is 36.0 Å². The van der Waals surface area contributed by atoms with Crippen molar-refractivity contribution in [1.82, 2.24) is 8.87 Å². The summed E-state index contributed by atoms with van der Waals surface area (Å²) in [6.45, 7) is 5.93. The van der Waals surface area contributed by atoms with Gasteiger partial charge in [-0.3, -0.25) is 0 Å². The summed E-state index contributed by atoms with van der Waals surface area (Å²) in [6.07, 6.45) is 1.58. The van der Waals surface area contributed by atoms with Crippen LogP contribution >= 0.6 is 0 Å². The number of aliphatic hydroxyl groups is 1. The smallest absolute Gasteiger partial charge is 0.244 e. The molecule has 0 saturated heterocycles. The van der Waals surface area contributed by atoms with Crippen LogP contribution in [0.1, 0.15) is 32.5 Å². The third kappa shape index (κ3) is 2.70. The molecule has 0 saturated carbocycles. The van der Waals surface area contributed by atoms with E-state index < -0.39 is 10.0 Å². The van der Waals surface area contributed by atoms with E-state index in [0.717, 1.165) is 0 Å². The molecular formula is C11H20N2O3S. The van der Waals surface area contributed by atoms with Crippen LogP contribution in [0.2, 0.25) is 0 Å². The zero-order valence-corrected chi connectivity index (χ0v) is 11.5. The molecule has 0 aliphatic heterocycles. The fourth-order valence-electron chi connectivity index (χ4n) is 1.59. The Morgan fingerprint density at radius 1 is 1.47 bits per heavy atom. The summed E-state index contributed by atoms with van der Waals surface area (Å²) in [5, 5.41) is 9.21. The average Bonchev–Trinajstić information content (AvgIpc) is 2.72. The molecule has 1 N–H and O–H groups in total. The number of hydrogen-bond donors (Lipinski definition) is 1. The predicted molar refractivity (Wildman–Crippen MR) is 66.2 cm³/mol. The summed E-state index contributed by atoms with van der Waals surface area (Å²) in [5.41, 5.74) is 0.614. The normalized spacial score (nSPS) is 12.6. The monoisotopic (exact) mass is 260 g/mol. The third-order valence-electron chi connectivity index (χ3n) is 2.78. The van der Waals surface area contributed by atoms with Gasteiger partial charge in [-0.2, -0.15) is 0 Å². The Morgan fingerprint density at radius 3 is 2.41 bits per heavy atom. The van der Waals surface area contributed by atoms with E-state index in [1.807, 2.05) is 13.8 Å². The van der Waals surface area contributed by atoms with Crippen LogP contribution in [0.3, 0.4) is 0 Å². The van der Waals surface area contributed by atoms with Gasteiger partial charge in [0, 0.05) is 31.5 Å². The van der Waals surface area contributed by atoms with Crippen LogP contribution in [0.5, 0.6) is 0 Å². The Balaban J connectivity index is 3.25. The van der Waals surface area contributed by atoms with Crippen LogP contribution in [0.4, 0.5) is 0 Å². The van der Waals surface area contributed by atoms with Gasteiger partial charge in [0.15, 0.2) is 0 Å². The van der Waals surface area contributed by atoms with Gasteiger partial charge in [-0.25, -0.2) is 12.7 Å². The van der Waals surface area contributed by atoms with Crippen LogP contribution in [0.15, 0.2) is 17.2 Å². The minimum Gasteiger partial charge on any atom is -0.390 e. The van der Waals surface area contributed by atoms with Gasteiger partial charge >= 0.3 is 0 Å². The van der Waals surface area contributed by atoms with Crippen molar-refractivity contribution in [2.45, 2.75) is 38.3 Å². The minimum atomic E-state index is -3.43. The highest BCUT2D eigenvalue weighted by Gasteiger charge is 2.22. The van der Waals surface area contributed by atoms with Crippen molar-refractivity contribution in [2.24, 2.45) is 0 Å². The summed E-state index contributed by atoms with van der Waals surface area (Å²) in [7, 11) is -1.89. The van der Waals surface area contributed by atoms with Gasteiger partial charge in [-0.1, -0.05) is 6.92 Å². The van der Waals surface area contributed by atoms with E-state index in [1.54, 1.807) is 24.7 Å². The van der Waals surface area contributed by atoms with Crippen LogP contribution < -0.4 is 0 Å². The largest absolute Gasteiger partial charge is 0.390 e. The molecule has 1 aromatic heterocycles. The maximum Gasteiger partial charge on any atom is 0.244 e. The van der Waals surface area contributed by atoms with Crippen molar-refractivity contribution in [1.29, 1.82) is 0 Å². The van der Waals surface area contributed by atoms with Crippen LogP contribution in [0.25, 0.3) is 0 Å². The SMILES string of the molecule is CCN(C)S(=O)(=O)c1cc(CO)n(C(C)C)c1. The summed E-state index contributed by atoms with van der Waals surface area (Å²) in [5.74, 6) is 0. The first kappa shape index (κ1) is 14.2. The lowest BCUT2D eigenvalue weighted by Gasteiger charge is -2.13. The van der Waals surface area contributed by atoms with E-state index in [1.165, 1.54) is 10.4 Å². The molecule has 1 heterocycles. The Bertz CT molecular complexity index is 477. The summed E-state index contributed by atoms with van der Waals surface area (Å²) >= 11 is 0. The van der Waals surface area contributed by atoms with Crippen molar-refractivity contribution in [2.75, 3.05) is 13.6 Å². The molecule has 0 aliphatic rings. The topological polar surface area (TPSA) is 62.5 Å². The average molecular weight is 260 g/mol. The summed E-state index contributed by atoms with van der Waals surface area (Å²) < 4.78 is 27.3. The van der Waals surface area contributed by atoms with Gasteiger partial charge in [0.2, 0.25) is 10.0 Å². The Morgan fingerprint density at radius 2 is 2.06 bits per heavy atom. The number of rotatable bonds is 5. The number of sulfonamides is 1. The van der Waals surface area contributed by atoms with Gasteiger partial charge in [0.25, 0.3) is 0 Å². The molecule has 6 heteroatoms. The standard InChI is InChI=1S/C11H20N2O3S/c1-5-12(4)17(15,16)11-6-10(8-14)13(7-11)9(2)3/h6-7,9,14H,5,8H2,1-4H3. The highest BCUT2D eigenvalue weighted by atomic mass is 32.2. The van der Waals surface area contributed by atoms with Crippen molar-refractivity contribution >= 4 is 10.0 Å². The second-order valence-electron chi connectivity index (χ2n) is 4.25. The second kappa shape index (κ2) is 5.20. The molecule has 0 spiro atoms. The molecule has 5 nitrogen and oxygen atoms in total. The highest BCUT2D eigenvalue weighted by molar-refractivity contribution is 7.89. The molecule has 1 rings (SSSR count). The predicted octanol–water partition coefficient (Wildman–Crippen LogP) is 1.20. The fraction of sp³-hybridized carbons (Fsp3) is 0.636. The van der Waals surface area contributed by atoms with Gasteiger partial charge in [0.05, 0.1) is 6.61 Å². The van der Waals surface area contributed by atoms with Crippen molar-refractivity contribution in [3.63, 3.8) is 0 Å². The van der Waals surface area contributed by atoms with E-state index in [4.69, 9.17) is 0 Å². The van der Waals surface area contributed by atoms with E-state index >= 15 is 0 Å². The van der Waals surface area contributed by atoms with Crippen molar-refractivity contribution in [3.8, 4) is 0 Å². The van der Waals surface area contributed by atoms with Crippen molar-refractivity contribution in [3.05, 3.63) is 18.0 Å². The Kier molecular flexibility index (Phi) is 4.35. The number of aliphatic hydroxyl groups excluding tert-OH is 1. The number of aromatic nitrogens is 1. The van der Waals surface area contributed by atoms with Gasteiger partial charge in [-0.05, 0) is 19.9 Å². The number of nitrogens with zero attached hydrogens (tertiary/aromatic N) is 2. The molecule has 0 atom stereocenters.